The molecule has 2 unspecified atom stereocenters. The van der Waals surface area contributed by atoms with Gasteiger partial charge in [0.05, 0.1) is 6.20 Å². The third-order valence-corrected chi connectivity index (χ3v) is 4.02. The van der Waals surface area contributed by atoms with Crippen LogP contribution in [0.3, 0.4) is 0 Å². The zero-order valence-corrected chi connectivity index (χ0v) is 11.8. The fourth-order valence-electron chi connectivity index (χ4n) is 2.95. The van der Waals surface area contributed by atoms with Gasteiger partial charge in [0.2, 0.25) is 0 Å². The normalized spacial score (nSPS) is 23.8. The molecule has 0 radical (unpaired) electrons. The van der Waals surface area contributed by atoms with E-state index in [1.165, 1.54) is 12.8 Å². The number of anilines is 2. The fraction of sp³-hybridized carbons (Fsp3) is 0.571. The van der Waals surface area contributed by atoms with Gasteiger partial charge in [0, 0.05) is 32.0 Å². The maximum atomic E-state index is 4.72. The molecule has 3 rings (SSSR count). The Labute approximate surface area is 113 Å². The Balaban J connectivity index is 2.05. The molecule has 19 heavy (non-hydrogen) atoms. The molecule has 1 N–H and O–H groups in total. The average Bonchev–Trinajstić information content (AvgIpc) is 2.86. The number of nitrogens with one attached hydrogen (secondary N) is 1. The van der Waals surface area contributed by atoms with Crippen molar-refractivity contribution in [2.75, 3.05) is 23.8 Å². The molecular weight excluding hydrogens is 238 g/mol. The maximum absolute atomic E-state index is 4.72. The highest BCUT2D eigenvalue weighted by atomic mass is 15.3. The highest BCUT2D eigenvalue weighted by Crippen LogP contribution is 2.29. The molecule has 1 aliphatic heterocycles. The second-order valence-corrected chi connectivity index (χ2v) is 5.53. The van der Waals surface area contributed by atoms with E-state index >= 15 is 0 Å². The Bertz CT molecular complexity index is 576. The highest BCUT2D eigenvalue weighted by Gasteiger charge is 2.26. The van der Waals surface area contributed by atoms with Gasteiger partial charge in [-0.25, -0.2) is 9.97 Å². The van der Waals surface area contributed by atoms with E-state index in [0.717, 1.165) is 29.7 Å². The van der Waals surface area contributed by atoms with E-state index in [9.17, 15) is 0 Å². The second-order valence-electron chi connectivity index (χ2n) is 5.53. The highest BCUT2D eigenvalue weighted by molar-refractivity contribution is 5.67. The van der Waals surface area contributed by atoms with Crippen molar-refractivity contribution in [2.24, 2.45) is 5.92 Å². The summed E-state index contributed by atoms with van der Waals surface area (Å²) in [6.07, 6.45) is 8.22. The molecule has 0 bridgehead atoms. The lowest BCUT2D eigenvalue weighted by atomic mass is 9.93. The van der Waals surface area contributed by atoms with Gasteiger partial charge in [0.15, 0.2) is 11.5 Å². The number of hydrogen-bond donors (Lipinski definition) is 1. The van der Waals surface area contributed by atoms with Crippen molar-refractivity contribution in [3.05, 3.63) is 18.6 Å². The van der Waals surface area contributed by atoms with Gasteiger partial charge in [-0.1, -0.05) is 6.92 Å². The van der Waals surface area contributed by atoms with Crippen molar-refractivity contribution in [3.63, 3.8) is 0 Å². The summed E-state index contributed by atoms with van der Waals surface area (Å²) in [5.41, 5.74) is 0.945. The van der Waals surface area contributed by atoms with Crippen LogP contribution in [0.1, 0.15) is 26.7 Å². The van der Waals surface area contributed by atoms with Gasteiger partial charge in [-0.2, -0.15) is 0 Å². The smallest absolute Gasteiger partial charge is 0.180 e. The molecule has 0 aliphatic carbocycles. The van der Waals surface area contributed by atoms with Crippen LogP contribution in [0.15, 0.2) is 18.6 Å². The zero-order valence-electron chi connectivity index (χ0n) is 11.8. The first-order valence-electron chi connectivity index (χ1n) is 6.97. The molecule has 5 heteroatoms. The van der Waals surface area contributed by atoms with Crippen LogP contribution >= 0.6 is 0 Å². The number of piperidine rings is 1. The van der Waals surface area contributed by atoms with Crippen LogP contribution in [0.2, 0.25) is 0 Å². The summed E-state index contributed by atoms with van der Waals surface area (Å²) in [5, 5.41) is 3.13. The van der Waals surface area contributed by atoms with Crippen LogP contribution in [0.5, 0.6) is 0 Å². The van der Waals surface area contributed by atoms with Crippen LogP contribution < -0.4 is 10.2 Å². The van der Waals surface area contributed by atoms with E-state index in [1.54, 1.807) is 0 Å². The lowest BCUT2D eigenvalue weighted by Gasteiger charge is -2.37. The maximum Gasteiger partial charge on any atom is 0.180 e. The number of rotatable bonds is 2. The Morgan fingerprint density at radius 1 is 1.37 bits per heavy atom. The Morgan fingerprint density at radius 3 is 2.95 bits per heavy atom. The molecule has 0 aromatic carbocycles. The minimum atomic E-state index is 0.517. The van der Waals surface area contributed by atoms with Gasteiger partial charge in [-0.3, -0.25) is 0 Å². The summed E-state index contributed by atoms with van der Waals surface area (Å²) in [4.78, 5) is 11.6. The zero-order chi connectivity index (χ0) is 13.4. The number of hydrogen-bond acceptors (Lipinski definition) is 4. The quantitative estimate of drug-likeness (QED) is 0.899. The van der Waals surface area contributed by atoms with Crippen molar-refractivity contribution >= 4 is 17.3 Å². The Hall–Kier alpha value is -1.78. The SMILES string of the molecule is CNc1cn2ccnc2c(N2CCC(C)CC2C)n1. The minimum absolute atomic E-state index is 0.517. The molecule has 5 nitrogen and oxygen atoms in total. The van der Waals surface area contributed by atoms with Crippen LogP contribution in [-0.4, -0.2) is 34.0 Å². The molecule has 3 heterocycles. The monoisotopic (exact) mass is 259 g/mol. The third-order valence-electron chi connectivity index (χ3n) is 4.02. The first-order chi connectivity index (χ1) is 9.19. The summed E-state index contributed by atoms with van der Waals surface area (Å²) >= 11 is 0. The average molecular weight is 259 g/mol. The van der Waals surface area contributed by atoms with E-state index < -0.39 is 0 Å². The second kappa shape index (κ2) is 4.72. The van der Waals surface area contributed by atoms with Crippen molar-refractivity contribution in [3.8, 4) is 0 Å². The van der Waals surface area contributed by atoms with Crippen molar-refractivity contribution < 1.29 is 0 Å². The van der Waals surface area contributed by atoms with Gasteiger partial charge in [-0.05, 0) is 25.7 Å². The summed E-state index contributed by atoms with van der Waals surface area (Å²) < 4.78 is 2.04. The predicted octanol–water partition coefficient (Wildman–Crippen LogP) is 2.40. The molecule has 102 valence electrons. The molecule has 0 spiro atoms. The third kappa shape index (κ3) is 2.13. The van der Waals surface area contributed by atoms with Crippen molar-refractivity contribution in [1.29, 1.82) is 0 Å². The first-order valence-corrected chi connectivity index (χ1v) is 6.97. The molecular formula is C14H21N5. The first kappa shape index (κ1) is 12.3. The fourth-order valence-corrected chi connectivity index (χ4v) is 2.95. The molecule has 1 aliphatic rings. The lowest BCUT2D eigenvalue weighted by Crippen LogP contribution is -2.41. The molecule has 0 amide bonds. The van der Waals surface area contributed by atoms with Crippen LogP contribution in [0.25, 0.3) is 5.65 Å². The van der Waals surface area contributed by atoms with Gasteiger partial charge in [0.25, 0.3) is 0 Å². The van der Waals surface area contributed by atoms with E-state index in [-0.39, 0.29) is 0 Å². The molecule has 1 saturated heterocycles. The van der Waals surface area contributed by atoms with Gasteiger partial charge >= 0.3 is 0 Å². The number of fused-ring (bicyclic) bond motifs is 1. The summed E-state index contributed by atoms with van der Waals surface area (Å²) in [6.45, 7) is 5.67. The number of aromatic nitrogens is 3. The van der Waals surface area contributed by atoms with Crippen LogP contribution in [-0.2, 0) is 0 Å². The number of imidazole rings is 1. The van der Waals surface area contributed by atoms with Gasteiger partial charge in [-0.15, -0.1) is 0 Å². The molecule has 2 aromatic heterocycles. The topological polar surface area (TPSA) is 45.5 Å². The Morgan fingerprint density at radius 2 is 2.21 bits per heavy atom. The summed E-state index contributed by atoms with van der Waals surface area (Å²) in [7, 11) is 1.90. The predicted molar refractivity (Wildman–Crippen MR) is 77.7 cm³/mol. The largest absolute Gasteiger partial charge is 0.372 e. The van der Waals surface area contributed by atoms with Crippen LogP contribution in [0.4, 0.5) is 11.6 Å². The molecule has 0 saturated carbocycles. The van der Waals surface area contributed by atoms with E-state index in [1.807, 2.05) is 30.0 Å². The summed E-state index contributed by atoms with van der Waals surface area (Å²) in [5.74, 6) is 2.68. The number of nitrogens with zero attached hydrogens (tertiary/aromatic N) is 4. The summed E-state index contributed by atoms with van der Waals surface area (Å²) in [6, 6.07) is 0.517. The van der Waals surface area contributed by atoms with E-state index in [0.29, 0.717) is 6.04 Å². The molecule has 1 fully saturated rings. The van der Waals surface area contributed by atoms with E-state index in [4.69, 9.17) is 4.98 Å². The van der Waals surface area contributed by atoms with E-state index in [2.05, 4.69) is 29.0 Å². The van der Waals surface area contributed by atoms with Crippen molar-refractivity contribution in [2.45, 2.75) is 32.7 Å². The van der Waals surface area contributed by atoms with Crippen molar-refractivity contribution in [1.82, 2.24) is 14.4 Å². The van der Waals surface area contributed by atoms with Gasteiger partial charge in [0.1, 0.15) is 5.82 Å². The van der Waals surface area contributed by atoms with Gasteiger partial charge < -0.3 is 14.6 Å². The minimum Gasteiger partial charge on any atom is -0.372 e. The standard InChI is InChI=1S/C14H21N5/c1-10-4-6-19(11(2)8-10)14-13-16-5-7-18(13)9-12(15-3)17-14/h5,7,9-11,15H,4,6,8H2,1-3H3. The van der Waals surface area contributed by atoms with Crippen LogP contribution in [0, 0.1) is 5.92 Å². The lowest BCUT2D eigenvalue weighted by molar-refractivity contribution is 0.376. The molecule has 2 atom stereocenters. The Kier molecular flexibility index (Phi) is 3.05. The molecule has 2 aromatic rings.